The third-order valence-electron chi connectivity index (χ3n) is 4.25. The maximum absolute atomic E-state index is 5.90. The summed E-state index contributed by atoms with van der Waals surface area (Å²) >= 11 is 1.86. The average Bonchev–Trinajstić information content (AvgIpc) is 2.94. The number of methoxy groups -OCH3 is 1. The molecule has 108 valence electrons. The summed E-state index contributed by atoms with van der Waals surface area (Å²) in [5.41, 5.74) is 0. The molecular weight excluding hydrogens is 254 g/mol. The predicted molar refractivity (Wildman–Crippen MR) is 82.9 cm³/mol. The highest BCUT2D eigenvalue weighted by Crippen LogP contribution is 2.30. The molecule has 0 aliphatic heterocycles. The molecule has 0 radical (unpaired) electrons. The normalized spacial score (nSPS) is 20.3. The van der Waals surface area contributed by atoms with Crippen molar-refractivity contribution < 1.29 is 4.74 Å². The van der Waals surface area contributed by atoms with Crippen molar-refractivity contribution >= 4 is 11.3 Å². The van der Waals surface area contributed by atoms with Gasteiger partial charge in [0.2, 0.25) is 0 Å². The van der Waals surface area contributed by atoms with E-state index in [1.54, 1.807) is 0 Å². The van der Waals surface area contributed by atoms with Crippen LogP contribution in [0.2, 0.25) is 0 Å². The number of nitrogens with one attached hydrogen (secondary N) is 1. The number of rotatable bonds is 7. The molecule has 19 heavy (non-hydrogen) atoms. The maximum Gasteiger partial charge on any atom is 0.0755 e. The largest absolute Gasteiger partial charge is 0.380 e. The van der Waals surface area contributed by atoms with Gasteiger partial charge in [-0.15, -0.1) is 11.3 Å². The molecule has 1 N–H and O–H groups in total. The van der Waals surface area contributed by atoms with Crippen LogP contribution in [0.3, 0.4) is 0 Å². The zero-order valence-corrected chi connectivity index (χ0v) is 13.0. The molecule has 1 aromatic rings. The van der Waals surface area contributed by atoms with Crippen molar-refractivity contribution in [1.82, 2.24) is 5.32 Å². The van der Waals surface area contributed by atoms with Gasteiger partial charge in [0.05, 0.1) is 6.10 Å². The molecule has 0 amide bonds. The Balaban J connectivity index is 2.01. The zero-order valence-electron chi connectivity index (χ0n) is 12.2. The smallest absolute Gasteiger partial charge is 0.0755 e. The lowest BCUT2D eigenvalue weighted by Gasteiger charge is -2.35. The fourth-order valence-corrected chi connectivity index (χ4v) is 4.12. The SMILES string of the molecule is CCNC(Cc1cccs1)C(OC)C1CCCCC1. The average molecular weight is 281 g/mol. The van der Waals surface area contributed by atoms with E-state index < -0.39 is 0 Å². The second kappa shape index (κ2) is 8.03. The molecule has 0 saturated heterocycles. The van der Waals surface area contributed by atoms with Crippen molar-refractivity contribution in [2.75, 3.05) is 13.7 Å². The first kappa shape index (κ1) is 15.0. The van der Waals surface area contributed by atoms with E-state index in [1.165, 1.54) is 37.0 Å². The van der Waals surface area contributed by atoms with Crippen molar-refractivity contribution in [2.45, 2.75) is 57.6 Å². The number of ether oxygens (including phenoxy) is 1. The van der Waals surface area contributed by atoms with E-state index in [4.69, 9.17) is 4.74 Å². The van der Waals surface area contributed by atoms with Crippen molar-refractivity contribution in [3.05, 3.63) is 22.4 Å². The van der Waals surface area contributed by atoms with Gasteiger partial charge in [-0.2, -0.15) is 0 Å². The summed E-state index contributed by atoms with van der Waals surface area (Å²) in [7, 11) is 1.89. The summed E-state index contributed by atoms with van der Waals surface area (Å²) in [5.74, 6) is 0.739. The van der Waals surface area contributed by atoms with E-state index in [2.05, 4.69) is 29.8 Å². The van der Waals surface area contributed by atoms with Crippen molar-refractivity contribution in [1.29, 1.82) is 0 Å². The summed E-state index contributed by atoms with van der Waals surface area (Å²) in [6.07, 6.45) is 8.30. The maximum atomic E-state index is 5.90. The Bertz CT molecular complexity index is 333. The van der Waals surface area contributed by atoms with Crippen LogP contribution in [-0.2, 0) is 11.2 Å². The van der Waals surface area contributed by atoms with Gasteiger partial charge < -0.3 is 10.1 Å². The number of thiophene rings is 1. The van der Waals surface area contributed by atoms with Gasteiger partial charge in [-0.1, -0.05) is 32.3 Å². The van der Waals surface area contributed by atoms with E-state index in [0.717, 1.165) is 18.9 Å². The van der Waals surface area contributed by atoms with E-state index in [-0.39, 0.29) is 0 Å². The van der Waals surface area contributed by atoms with Gasteiger partial charge in [-0.25, -0.2) is 0 Å². The Kier molecular flexibility index (Phi) is 6.35. The minimum atomic E-state index is 0.363. The molecule has 1 saturated carbocycles. The molecular formula is C16H27NOS. The van der Waals surface area contributed by atoms with E-state index >= 15 is 0 Å². The summed E-state index contributed by atoms with van der Waals surface area (Å²) in [6.45, 7) is 3.21. The minimum absolute atomic E-state index is 0.363. The molecule has 1 heterocycles. The van der Waals surface area contributed by atoms with Crippen LogP contribution >= 0.6 is 11.3 Å². The van der Waals surface area contributed by atoms with E-state index in [1.807, 2.05) is 18.4 Å². The topological polar surface area (TPSA) is 21.3 Å². The Labute approximate surface area is 121 Å². The molecule has 2 rings (SSSR count). The van der Waals surface area contributed by atoms with Crippen molar-refractivity contribution in [3.8, 4) is 0 Å². The third kappa shape index (κ3) is 4.30. The van der Waals surface area contributed by atoms with Crippen LogP contribution in [0.1, 0.15) is 43.9 Å². The van der Waals surface area contributed by atoms with Crippen LogP contribution in [0.25, 0.3) is 0 Å². The van der Waals surface area contributed by atoms with E-state index in [9.17, 15) is 0 Å². The molecule has 2 unspecified atom stereocenters. The summed E-state index contributed by atoms with van der Waals surface area (Å²) in [5, 5.41) is 5.82. The van der Waals surface area contributed by atoms with Gasteiger partial charge in [-0.05, 0) is 43.2 Å². The lowest BCUT2D eigenvalue weighted by Crippen LogP contribution is -2.46. The standard InChI is InChI=1S/C16H27NOS/c1-3-17-15(12-14-10-7-11-19-14)16(18-2)13-8-5-4-6-9-13/h7,10-11,13,15-17H,3-6,8-9,12H2,1-2H3. The van der Waals surface area contributed by atoms with Gasteiger partial charge >= 0.3 is 0 Å². The summed E-state index contributed by atoms with van der Waals surface area (Å²) in [6, 6.07) is 4.84. The lowest BCUT2D eigenvalue weighted by atomic mass is 9.81. The lowest BCUT2D eigenvalue weighted by molar-refractivity contribution is 0.00887. The van der Waals surface area contributed by atoms with Gasteiger partial charge in [0.15, 0.2) is 0 Å². The molecule has 0 spiro atoms. The molecule has 1 fully saturated rings. The predicted octanol–water partition coefficient (Wildman–Crippen LogP) is 3.86. The molecule has 3 heteroatoms. The number of likely N-dealkylation sites (N-methyl/N-ethyl adjacent to an activating group) is 1. The third-order valence-corrected chi connectivity index (χ3v) is 5.15. The molecule has 2 nitrogen and oxygen atoms in total. The second-order valence-corrected chi connectivity index (χ2v) is 6.58. The van der Waals surface area contributed by atoms with Crippen LogP contribution < -0.4 is 5.32 Å². The zero-order chi connectivity index (χ0) is 13.5. The van der Waals surface area contributed by atoms with Gasteiger partial charge in [0, 0.05) is 18.0 Å². The highest BCUT2D eigenvalue weighted by atomic mass is 32.1. The van der Waals surface area contributed by atoms with Crippen LogP contribution in [-0.4, -0.2) is 25.8 Å². The Morgan fingerprint density at radius 3 is 2.74 bits per heavy atom. The first-order chi connectivity index (χ1) is 9.35. The molecule has 0 bridgehead atoms. The van der Waals surface area contributed by atoms with Gasteiger partial charge in [0.25, 0.3) is 0 Å². The Morgan fingerprint density at radius 1 is 1.37 bits per heavy atom. The number of hydrogen-bond donors (Lipinski definition) is 1. The highest BCUT2D eigenvalue weighted by Gasteiger charge is 2.30. The molecule has 0 aromatic carbocycles. The fraction of sp³-hybridized carbons (Fsp3) is 0.750. The van der Waals surface area contributed by atoms with Gasteiger partial charge in [0.1, 0.15) is 0 Å². The molecule has 2 atom stereocenters. The molecule has 1 aliphatic rings. The monoisotopic (exact) mass is 281 g/mol. The summed E-state index contributed by atoms with van der Waals surface area (Å²) < 4.78 is 5.90. The van der Waals surface area contributed by atoms with Crippen molar-refractivity contribution in [2.24, 2.45) is 5.92 Å². The summed E-state index contributed by atoms with van der Waals surface area (Å²) in [4.78, 5) is 1.46. The number of hydrogen-bond acceptors (Lipinski definition) is 3. The van der Waals surface area contributed by atoms with Gasteiger partial charge in [-0.3, -0.25) is 0 Å². The molecule has 1 aliphatic carbocycles. The Hall–Kier alpha value is -0.380. The van der Waals surface area contributed by atoms with Crippen LogP contribution in [0.5, 0.6) is 0 Å². The van der Waals surface area contributed by atoms with Crippen molar-refractivity contribution in [3.63, 3.8) is 0 Å². The first-order valence-electron chi connectivity index (χ1n) is 7.63. The van der Waals surface area contributed by atoms with E-state index in [0.29, 0.717) is 12.1 Å². The minimum Gasteiger partial charge on any atom is -0.380 e. The molecule has 1 aromatic heterocycles. The Morgan fingerprint density at radius 2 is 2.16 bits per heavy atom. The quantitative estimate of drug-likeness (QED) is 0.819. The van der Waals surface area contributed by atoms with Crippen LogP contribution in [0.15, 0.2) is 17.5 Å². The first-order valence-corrected chi connectivity index (χ1v) is 8.51. The van der Waals surface area contributed by atoms with Crippen LogP contribution in [0.4, 0.5) is 0 Å². The fourth-order valence-electron chi connectivity index (χ4n) is 3.36. The van der Waals surface area contributed by atoms with Crippen LogP contribution in [0, 0.1) is 5.92 Å². The highest BCUT2D eigenvalue weighted by molar-refractivity contribution is 7.09. The second-order valence-electron chi connectivity index (χ2n) is 5.55.